The second-order valence-electron chi connectivity index (χ2n) is 5.18. The summed E-state index contributed by atoms with van der Waals surface area (Å²) in [7, 11) is 0. The van der Waals surface area contributed by atoms with Gasteiger partial charge in [0.05, 0.1) is 0 Å². The maximum atomic E-state index is 12.5. The standard InChI is InChI=1S/C13H19F3N4/c14-13(15,16)11-5-6-18-12(20-11)19-8-10-4-2-1-3-9(10)7-17/h5-6,9-10H,1-4,7-8,17H2,(H,18,19,20). The van der Waals surface area contributed by atoms with E-state index in [0.29, 0.717) is 24.9 Å². The molecule has 0 spiro atoms. The van der Waals surface area contributed by atoms with Gasteiger partial charge < -0.3 is 11.1 Å². The molecule has 2 atom stereocenters. The first-order chi connectivity index (χ1) is 9.50. The molecule has 7 heteroatoms. The van der Waals surface area contributed by atoms with E-state index in [1.807, 2.05) is 0 Å². The molecule has 1 heterocycles. The van der Waals surface area contributed by atoms with Crippen LogP contribution in [0.4, 0.5) is 19.1 Å². The molecule has 0 saturated heterocycles. The van der Waals surface area contributed by atoms with Gasteiger partial charge in [-0.15, -0.1) is 0 Å². The summed E-state index contributed by atoms with van der Waals surface area (Å²) in [5.41, 5.74) is 4.81. The predicted octanol–water partition coefficient (Wildman–Crippen LogP) is 2.67. The predicted molar refractivity (Wildman–Crippen MR) is 70.0 cm³/mol. The average Bonchev–Trinajstić information content (AvgIpc) is 2.45. The summed E-state index contributed by atoms with van der Waals surface area (Å²) in [6, 6.07) is 0.870. The molecule has 2 rings (SSSR count). The fourth-order valence-corrected chi connectivity index (χ4v) is 2.69. The number of rotatable bonds is 4. The molecule has 0 radical (unpaired) electrons. The maximum Gasteiger partial charge on any atom is 0.433 e. The molecule has 0 bridgehead atoms. The van der Waals surface area contributed by atoms with Crippen molar-refractivity contribution in [3.63, 3.8) is 0 Å². The third kappa shape index (κ3) is 3.82. The molecule has 20 heavy (non-hydrogen) atoms. The number of alkyl halides is 3. The molecule has 1 aliphatic carbocycles. The Morgan fingerprint density at radius 2 is 1.95 bits per heavy atom. The van der Waals surface area contributed by atoms with Crippen molar-refractivity contribution >= 4 is 5.95 Å². The minimum atomic E-state index is -4.44. The third-order valence-corrected chi connectivity index (χ3v) is 3.84. The van der Waals surface area contributed by atoms with Gasteiger partial charge >= 0.3 is 6.18 Å². The summed E-state index contributed by atoms with van der Waals surface area (Å²) in [6.45, 7) is 1.19. The highest BCUT2D eigenvalue weighted by molar-refractivity contribution is 5.26. The Morgan fingerprint density at radius 3 is 2.60 bits per heavy atom. The lowest BCUT2D eigenvalue weighted by Gasteiger charge is -2.30. The lowest BCUT2D eigenvalue weighted by atomic mass is 9.79. The fraction of sp³-hybridized carbons (Fsp3) is 0.692. The summed E-state index contributed by atoms with van der Waals surface area (Å²) in [6.07, 6.45) is 1.15. The van der Waals surface area contributed by atoms with E-state index in [2.05, 4.69) is 15.3 Å². The van der Waals surface area contributed by atoms with Crippen molar-refractivity contribution in [3.8, 4) is 0 Å². The molecular formula is C13H19F3N4. The molecule has 0 aliphatic heterocycles. The van der Waals surface area contributed by atoms with Crippen LogP contribution in [0.15, 0.2) is 12.3 Å². The molecule has 1 aliphatic rings. The van der Waals surface area contributed by atoms with E-state index in [0.717, 1.165) is 31.5 Å². The van der Waals surface area contributed by atoms with Crippen LogP contribution in [-0.2, 0) is 6.18 Å². The highest BCUT2D eigenvalue weighted by Crippen LogP contribution is 2.30. The monoisotopic (exact) mass is 288 g/mol. The van der Waals surface area contributed by atoms with Crippen LogP contribution in [0.5, 0.6) is 0 Å². The average molecular weight is 288 g/mol. The van der Waals surface area contributed by atoms with E-state index in [-0.39, 0.29) is 5.95 Å². The van der Waals surface area contributed by atoms with Gasteiger partial charge in [0.15, 0.2) is 0 Å². The lowest BCUT2D eigenvalue weighted by molar-refractivity contribution is -0.141. The first-order valence-corrected chi connectivity index (χ1v) is 6.85. The number of nitrogens with one attached hydrogen (secondary N) is 1. The normalized spacial score (nSPS) is 23.6. The number of nitrogens with zero attached hydrogens (tertiary/aromatic N) is 2. The van der Waals surface area contributed by atoms with Gasteiger partial charge in [-0.25, -0.2) is 9.97 Å². The van der Waals surface area contributed by atoms with Gasteiger partial charge in [-0.2, -0.15) is 13.2 Å². The topological polar surface area (TPSA) is 63.8 Å². The second-order valence-corrected chi connectivity index (χ2v) is 5.18. The Morgan fingerprint density at radius 1 is 1.25 bits per heavy atom. The number of anilines is 1. The summed E-state index contributed by atoms with van der Waals surface area (Å²) >= 11 is 0. The van der Waals surface area contributed by atoms with Crippen molar-refractivity contribution in [2.24, 2.45) is 17.6 Å². The molecule has 1 saturated carbocycles. The Bertz CT molecular complexity index is 436. The van der Waals surface area contributed by atoms with Crippen LogP contribution in [0, 0.1) is 11.8 Å². The van der Waals surface area contributed by atoms with Gasteiger partial charge in [-0.05, 0) is 37.3 Å². The Labute approximate surface area is 116 Å². The summed E-state index contributed by atoms with van der Waals surface area (Å²) in [5.74, 6) is 0.843. The SMILES string of the molecule is NCC1CCCCC1CNc1nccc(C(F)(F)F)n1. The maximum absolute atomic E-state index is 12.5. The number of hydrogen-bond acceptors (Lipinski definition) is 4. The van der Waals surface area contributed by atoms with E-state index < -0.39 is 11.9 Å². The molecule has 112 valence electrons. The van der Waals surface area contributed by atoms with Crippen LogP contribution < -0.4 is 11.1 Å². The van der Waals surface area contributed by atoms with Gasteiger partial charge in [0.2, 0.25) is 5.95 Å². The number of nitrogens with two attached hydrogens (primary N) is 1. The zero-order chi connectivity index (χ0) is 14.6. The molecule has 0 aromatic carbocycles. The number of aromatic nitrogens is 2. The smallest absolute Gasteiger partial charge is 0.354 e. The van der Waals surface area contributed by atoms with Crippen molar-refractivity contribution in [3.05, 3.63) is 18.0 Å². The molecule has 2 unspecified atom stereocenters. The Kier molecular flexibility index (Phi) is 4.80. The van der Waals surface area contributed by atoms with E-state index in [1.54, 1.807) is 0 Å². The first-order valence-electron chi connectivity index (χ1n) is 6.85. The van der Waals surface area contributed by atoms with Crippen molar-refractivity contribution < 1.29 is 13.2 Å². The Balaban J connectivity index is 1.96. The molecular weight excluding hydrogens is 269 g/mol. The van der Waals surface area contributed by atoms with Crippen LogP contribution >= 0.6 is 0 Å². The van der Waals surface area contributed by atoms with Gasteiger partial charge in [-0.3, -0.25) is 0 Å². The second kappa shape index (κ2) is 6.39. The Hall–Kier alpha value is -1.37. The molecule has 1 aromatic rings. The van der Waals surface area contributed by atoms with Crippen LogP contribution in [0.3, 0.4) is 0 Å². The van der Waals surface area contributed by atoms with Crippen molar-refractivity contribution in [1.29, 1.82) is 0 Å². The molecule has 4 nitrogen and oxygen atoms in total. The van der Waals surface area contributed by atoms with Crippen LogP contribution in [-0.4, -0.2) is 23.1 Å². The van der Waals surface area contributed by atoms with Gasteiger partial charge in [-0.1, -0.05) is 12.8 Å². The van der Waals surface area contributed by atoms with E-state index in [1.165, 1.54) is 6.42 Å². The largest absolute Gasteiger partial charge is 0.433 e. The highest BCUT2D eigenvalue weighted by Gasteiger charge is 2.33. The highest BCUT2D eigenvalue weighted by atomic mass is 19.4. The van der Waals surface area contributed by atoms with Crippen LogP contribution in [0.25, 0.3) is 0 Å². The minimum absolute atomic E-state index is 0.0289. The van der Waals surface area contributed by atoms with E-state index >= 15 is 0 Å². The first kappa shape index (κ1) is 15.0. The summed E-state index contributed by atoms with van der Waals surface area (Å²) in [4.78, 5) is 7.34. The number of hydrogen-bond donors (Lipinski definition) is 2. The molecule has 0 amide bonds. The zero-order valence-corrected chi connectivity index (χ0v) is 11.2. The van der Waals surface area contributed by atoms with E-state index in [4.69, 9.17) is 5.73 Å². The van der Waals surface area contributed by atoms with E-state index in [9.17, 15) is 13.2 Å². The molecule has 1 fully saturated rings. The van der Waals surface area contributed by atoms with Crippen LogP contribution in [0.2, 0.25) is 0 Å². The summed E-state index contributed by atoms with van der Waals surface area (Å²) < 4.78 is 37.6. The third-order valence-electron chi connectivity index (χ3n) is 3.84. The molecule has 3 N–H and O–H groups in total. The minimum Gasteiger partial charge on any atom is -0.354 e. The van der Waals surface area contributed by atoms with Crippen LogP contribution in [0.1, 0.15) is 31.4 Å². The quantitative estimate of drug-likeness (QED) is 0.894. The molecule has 1 aromatic heterocycles. The fourth-order valence-electron chi connectivity index (χ4n) is 2.69. The zero-order valence-electron chi connectivity index (χ0n) is 11.2. The summed E-state index contributed by atoms with van der Waals surface area (Å²) in [5, 5.41) is 2.91. The van der Waals surface area contributed by atoms with Crippen molar-refractivity contribution in [1.82, 2.24) is 9.97 Å². The van der Waals surface area contributed by atoms with Gasteiger partial charge in [0.25, 0.3) is 0 Å². The van der Waals surface area contributed by atoms with Gasteiger partial charge in [0, 0.05) is 12.7 Å². The lowest BCUT2D eigenvalue weighted by Crippen LogP contribution is -2.31. The van der Waals surface area contributed by atoms with Crippen molar-refractivity contribution in [2.75, 3.05) is 18.4 Å². The van der Waals surface area contributed by atoms with Gasteiger partial charge in [0.1, 0.15) is 5.69 Å². The number of halogens is 3. The van der Waals surface area contributed by atoms with Crippen molar-refractivity contribution in [2.45, 2.75) is 31.9 Å².